The Balaban J connectivity index is 1.31. The van der Waals surface area contributed by atoms with Crippen molar-refractivity contribution in [1.29, 1.82) is 0 Å². The first-order valence-corrected chi connectivity index (χ1v) is 12.0. The average Bonchev–Trinajstić information content (AvgIpc) is 3.34. The highest BCUT2D eigenvalue weighted by Crippen LogP contribution is 2.31. The zero-order valence-corrected chi connectivity index (χ0v) is 20.4. The fraction of sp³-hybridized carbons (Fsp3) is 0.462. The number of methoxy groups -OCH3 is 2. The van der Waals surface area contributed by atoms with Crippen LogP contribution in [0.25, 0.3) is 0 Å². The van der Waals surface area contributed by atoms with Gasteiger partial charge in [-0.2, -0.15) is 0 Å². The molecule has 1 aliphatic heterocycles. The Labute approximate surface area is 202 Å². The first-order chi connectivity index (χ1) is 16.7. The second-order valence-corrected chi connectivity index (χ2v) is 8.54. The molecule has 34 heavy (non-hydrogen) atoms. The number of hydrogen-bond acceptors (Lipinski definition) is 7. The van der Waals surface area contributed by atoms with Gasteiger partial charge < -0.3 is 19.1 Å². The van der Waals surface area contributed by atoms with Gasteiger partial charge in [-0.15, -0.1) is 5.10 Å². The Morgan fingerprint density at radius 1 is 0.912 bits per heavy atom. The highest BCUT2D eigenvalue weighted by molar-refractivity contribution is 5.58. The lowest BCUT2D eigenvalue weighted by Gasteiger charge is -2.36. The van der Waals surface area contributed by atoms with Crippen LogP contribution in [0.4, 0.5) is 5.69 Å². The van der Waals surface area contributed by atoms with Gasteiger partial charge in [0, 0.05) is 39.3 Å². The quantitative estimate of drug-likeness (QED) is 0.424. The SMILES string of the molecule is CCCCn1cc(COc2ccc(CN3CCN(c4ccccc4OC)CC3)cc2OC)nn1. The highest BCUT2D eigenvalue weighted by Gasteiger charge is 2.20. The molecule has 1 fully saturated rings. The molecule has 0 saturated carbocycles. The molecule has 0 radical (unpaired) electrons. The Bertz CT molecular complexity index is 1050. The molecule has 2 aromatic carbocycles. The maximum atomic E-state index is 5.99. The number of anilines is 1. The number of aromatic nitrogens is 3. The number of benzene rings is 2. The van der Waals surface area contributed by atoms with Crippen LogP contribution in [0.3, 0.4) is 0 Å². The topological polar surface area (TPSA) is 64.9 Å². The van der Waals surface area contributed by atoms with E-state index in [-0.39, 0.29) is 0 Å². The van der Waals surface area contributed by atoms with E-state index < -0.39 is 0 Å². The summed E-state index contributed by atoms with van der Waals surface area (Å²) in [6.07, 6.45) is 4.17. The number of piperazine rings is 1. The van der Waals surface area contributed by atoms with Crippen LogP contribution in [-0.2, 0) is 19.7 Å². The maximum Gasteiger partial charge on any atom is 0.161 e. The predicted octanol–water partition coefficient (Wildman–Crippen LogP) is 4.00. The summed E-state index contributed by atoms with van der Waals surface area (Å²) in [6.45, 7) is 8.22. The van der Waals surface area contributed by atoms with Crippen molar-refractivity contribution in [2.45, 2.75) is 39.5 Å². The first-order valence-electron chi connectivity index (χ1n) is 12.0. The summed E-state index contributed by atoms with van der Waals surface area (Å²) in [5.41, 5.74) is 3.19. The largest absolute Gasteiger partial charge is 0.495 e. The van der Waals surface area contributed by atoms with Gasteiger partial charge in [0.15, 0.2) is 11.5 Å². The first kappa shape index (κ1) is 23.9. The van der Waals surface area contributed by atoms with Gasteiger partial charge in [0.2, 0.25) is 0 Å². The molecule has 1 saturated heterocycles. The number of ether oxygens (including phenoxy) is 3. The number of unbranched alkanes of at least 4 members (excludes halogenated alkanes) is 1. The highest BCUT2D eigenvalue weighted by atomic mass is 16.5. The van der Waals surface area contributed by atoms with E-state index >= 15 is 0 Å². The van der Waals surface area contributed by atoms with Crippen LogP contribution in [0, 0.1) is 0 Å². The van der Waals surface area contributed by atoms with Crippen LogP contribution in [-0.4, -0.2) is 60.3 Å². The Hall–Kier alpha value is -3.26. The van der Waals surface area contributed by atoms with Crippen LogP contribution in [0.5, 0.6) is 17.2 Å². The molecule has 182 valence electrons. The van der Waals surface area contributed by atoms with Crippen LogP contribution in [0.1, 0.15) is 31.0 Å². The smallest absolute Gasteiger partial charge is 0.161 e. The predicted molar refractivity (Wildman–Crippen MR) is 133 cm³/mol. The van der Waals surface area contributed by atoms with Crippen molar-refractivity contribution in [3.8, 4) is 17.2 Å². The summed E-state index contributed by atoms with van der Waals surface area (Å²) in [5, 5.41) is 8.36. The minimum atomic E-state index is 0.368. The van der Waals surface area contributed by atoms with Gasteiger partial charge >= 0.3 is 0 Å². The molecule has 2 heterocycles. The summed E-state index contributed by atoms with van der Waals surface area (Å²) >= 11 is 0. The van der Waals surface area contributed by atoms with Crippen molar-refractivity contribution in [2.24, 2.45) is 0 Å². The van der Waals surface area contributed by atoms with E-state index in [1.54, 1.807) is 14.2 Å². The van der Waals surface area contributed by atoms with Crippen molar-refractivity contribution in [2.75, 3.05) is 45.3 Å². The number of para-hydroxylation sites is 2. The molecule has 0 atom stereocenters. The number of hydrogen-bond donors (Lipinski definition) is 0. The summed E-state index contributed by atoms with van der Waals surface area (Å²) in [5.74, 6) is 2.39. The molecule has 8 nitrogen and oxygen atoms in total. The number of rotatable bonds is 11. The molecular formula is C26H35N5O3. The summed E-state index contributed by atoms with van der Waals surface area (Å²) in [4.78, 5) is 4.86. The molecule has 4 rings (SSSR count). The minimum absolute atomic E-state index is 0.368. The lowest BCUT2D eigenvalue weighted by molar-refractivity contribution is 0.248. The van der Waals surface area contributed by atoms with E-state index in [2.05, 4.69) is 51.3 Å². The van der Waals surface area contributed by atoms with Crippen molar-refractivity contribution in [3.05, 3.63) is 59.9 Å². The van der Waals surface area contributed by atoms with Gasteiger partial charge in [0.1, 0.15) is 18.1 Å². The lowest BCUT2D eigenvalue weighted by Crippen LogP contribution is -2.46. The zero-order valence-electron chi connectivity index (χ0n) is 20.4. The summed E-state index contributed by atoms with van der Waals surface area (Å²) < 4.78 is 19.0. The van der Waals surface area contributed by atoms with Gasteiger partial charge in [0.25, 0.3) is 0 Å². The molecular weight excluding hydrogens is 430 g/mol. The normalized spacial score (nSPS) is 14.3. The van der Waals surface area contributed by atoms with Crippen molar-refractivity contribution in [1.82, 2.24) is 19.9 Å². The third-order valence-electron chi connectivity index (χ3n) is 6.13. The Morgan fingerprint density at radius 3 is 2.47 bits per heavy atom. The van der Waals surface area contributed by atoms with E-state index in [1.165, 1.54) is 11.3 Å². The Morgan fingerprint density at radius 2 is 1.71 bits per heavy atom. The number of nitrogens with zero attached hydrogens (tertiary/aromatic N) is 5. The van der Waals surface area contributed by atoms with E-state index in [4.69, 9.17) is 14.2 Å². The Kier molecular flexibility index (Phi) is 8.25. The second kappa shape index (κ2) is 11.7. The summed E-state index contributed by atoms with van der Waals surface area (Å²) in [7, 11) is 3.41. The third-order valence-corrected chi connectivity index (χ3v) is 6.13. The van der Waals surface area contributed by atoms with Crippen LogP contribution >= 0.6 is 0 Å². The molecule has 0 N–H and O–H groups in total. The van der Waals surface area contributed by atoms with Crippen LogP contribution < -0.4 is 19.1 Å². The fourth-order valence-corrected chi connectivity index (χ4v) is 4.21. The molecule has 0 unspecified atom stereocenters. The van der Waals surface area contributed by atoms with E-state index in [9.17, 15) is 0 Å². The second-order valence-electron chi connectivity index (χ2n) is 8.54. The van der Waals surface area contributed by atoms with Crippen molar-refractivity contribution in [3.63, 3.8) is 0 Å². The monoisotopic (exact) mass is 465 g/mol. The van der Waals surface area contributed by atoms with Crippen molar-refractivity contribution < 1.29 is 14.2 Å². The van der Waals surface area contributed by atoms with Gasteiger partial charge in [-0.3, -0.25) is 9.58 Å². The van der Waals surface area contributed by atoms with Gasteiger partial charge in [-0.25, -0.2) is 0 Å². The molecule has 0 spiro atoms. The maximum absolute atomic E-state index is 5.99. The van der Waals surface area contributed by atoms with Crippen LogP contribution in [0.15, 0.2) is 48.7 Å². The third kappa shape index (κ3) is 5.99. The fourth-order valence-electron chi connectivity index (χ4n) is 4.21. The average molecular weight is 466 g/mol. The van der Waals surface area contributed by atoms with E-state index in [1.807, 2.05) is 29.1 Å². The molecule has 0 amide bonds. The van der Waals surface area contributed by atoms with E-state index in [0.717, 1.165) is 75.1 Å². The van der Waals surface area contributed by atoms with Gasteiger partial charge in [-0.1, -0.05) is 36.8 Å². The van der Waals surface area contributed by atoms with Crippen LogP contribution in [0.2, 0.25) is 0 Å². The zero-order chi connectivity index (χ0) is 23.8. The van der Waals surface area contributed by atoms with Crippen molar-refractivity contribution >= 4 is 5.69 Å². The minimum Gasteiger partial charge on any atom is -0.495 e. The number of aryl methyl sites for hydroxylation is 1. The lowest BCUT2D eigenvalue weighted by atomic mass is 10.1. The van der Waals surface area contributed by atoms with Gasteiger partial charge in [-0.05, 0) is 36.2 Å². The molecule has 0 aliphatic carbocycles. The van der Waals surface area contributed by atoms with Gasteiger partial charge in [0.05, 0.1) is 26.1 Å². The summed E-state index contributed by atoms with van der Waals surface area (Å²) in [6, 6.07) is 14.4. The molecule has 1 aromatic heterocycles. The molecule has 0 bridgehead atoms. The molecule has 8 heteroatoms. The standard InChI is InChI=1S/C26H35N5O3/c1-4-5-12-31-19-22(27-28-31)20-34-25-11-10-21(17-26(25)33-3)18-29-13-15-30(16-14-29)23-8-6-7-9-24(23)32-2/h6-11,17,19H,4-5,12-16,18,20H2,1-3H3. The van der Waals surface area contributed by atoms with E-state index in [0.29, 0.717) is 6.61 Å². The molecule has 3 aromatic rings. The molecule has 1 aliphatic rings.